The van der Waals surface area contributed by atoms with Crippen LogP contribution in [0.4, 0.5) is 5.69 Å². The first-order valence-corrected chi connectivity index (χ1v) is 4.31. The van der Waals surface area contributed by atoms with Crippen molar-refractivity contribution in [3.63, 3.8) is 0 Å². The topological polar surface area (TPSA) is 70.0 Å². The number of hydrogen-bond acceptors (Lipinski definition) is 4. The van der Waals surface area contributed by atoms with E-state index in [0.29, 0.717) is 11.4 Å². The van der Waals surface area contributed by atoms with Crippen LogP contribution in [0, 0.1) is 11.3 Å². The Balaban J connectivity index is 2.84. The van der Waals surface area contributed by atoms with Crippen LogP contribution < -0.4 is 5.73 Å². The molecule has 4 heteroatoms. The van der Waals surface area contributed by atoms with Crippen molar-refractivity contribution in [1.29, 1.82) is 5.26 Å². The number of rotatable bonds is 2. The first kappa shape index (κ1) is 8.75. The van der Waals surface area contributed by atoms with Crippen LogP contribution in [-0.2, 0) is 0 Å². The van der Waals surface area contributed by atoms with Crippen LogP contribution >= 0.6 is 11.8 Å². The maximum atomic E-state index is 9.09. The molecule has 0 radical (unpaired) electrons. The summed E-state index contributed by atoms with van der Waals surface area (Å²) in [6.45, 7) is 0. The Hall–Kier alpha value is -1.34. The second-order valence-corrected chi connectivity index (χ2v) is 3.19. The fourth-order valence-electron chi connectivity index (χ4n) is 0.758. The predicted octanol–water partition coefficient (Wildman–Crippen LogP) is 1.59. The zero-order valence-electron chi connectivity index (χ0n) is 6.32. The van der Waals surface area contributed by atoms with Crippen LogP contribution in [0.15, 0.2) is 23.1 Å². The van der Waals surface area contributed by atoms with E-state index in [4.69, 9.17) is 16.1 Å². The van der Waals surface area contributed by atoms with Crippen molar-refractivity contribution in [3.05, 3.63) is 18.2 Å². The van der Waals surface area contributed by atoms with Gasteiger partial charge in [-0.05, 0) is 18.2 Å². The Labute approximate surface area is 74.8 Å². The minimum atomic E-state index is 0.171. The number of phenolic OH excluding ortho intramolecular Hbond substituents is 1. The van der Waals surface area contributed by atoms with E-state index in [1.807, 2.05) is 6.07 Å². The van der Waals surface area contributed by atoms with Gasteiger partial charge in [0.25, 0.3) is 0 Å². The predicted molar refractivity (Wildman–Crippen MR) is 48.9 cm³/mol. The van der Waals surface area contributed by atoms with Gasteiger partial charge in [0.15, 0.2) is 0 Å². The molecule has 0 fully saturated rings. The quantitative estimate of drug-likeness (QED) is 0.412. The Morgan fingerprint density at radius 3 is 3.00 bits per heavy atom. The van der Waals surface area contributed by atoms with Gasteiger partial charge < -0.3 is 10.8 Å². The van der Waals surface area contributed by atoms with Crippen molar-refractivity contribution in [1.82, 2.24) is 0 Å². The van der Waals surface area contributed by atoms with E-state index in [-0.39, 0.29) is 5.75 Å². The highest BCUT2D eigenvalue weighted by atomic mass is 32.2. The van der Waals surface area contributed by atoms with Crippen LogP contribution in [0.3, 0.4) is 0 Å². The third-order valence-corrected chi connectivity index (χ3v) is 2.23. The second-order valence-electron chi connectivity index (χ2n) is 2.17. The van der Waals surface area contributed by atoms with Gasteiger partial charge in [-0.2, -0.15) is 5.26 Å². The summed E-state index contributed by atoms with van der Waals surface area (Å²) in [5, 5.41) is 17.4. The molecule has 0 aliphatic heterocycles. The lowest BCUT2D eigenvalue weighted by Gasteiger charge is -2.02. The van der Waals surface area contributed by atoms with Crippen molar-refractivity contribution in [2.75, 3.05) is 11.5 Å². The average molecular weight is 180 g/mol. The Kier molecular flexibility index (Phi) is 2.83. The van der Waals surface area contributed by atoms with Gasteiger partial charge in [-0.15, -0.1) is 11.8 Å². The molecule has 0 bridgehead atoms. The molecule has 0 aliphatic rings. The highest BCUT2D eigenvalue weighted by Gasteiger charge is 1.99. The van der Waals surface area contributed by atoms with E-state index in [1.54, 1.807) is 12.1 Å². The summed E-state index contributed by atoms with van der Waals surface area (Å²) in [5.41, 5.74) is 6.18. The Morgan fingerprint density at radius 2 is 2.33 bits per heavy atom. The number of anilines is 1. The van der Waals surface area contributed by atoms with E-state index in [1.165, 1.54) is 17.8 Å². The fourth-order valence-corrected chi connectivity index (χ4v) is 1.42. The van der Waals surface area contributed by atoms with Crippen LogP contribution in [0.5, 0.6) is 5.75 Å². The van der Waals surface area contributed by atoms with Crippen LogP contribution in [0.2, 0.25) is 0 Å². The van der Waals surface area contributed by atoms with E-state index in [0.717, 1.165) is 4.90 Å². The number of benzene rings is 1. The molecule has 1 rings (SSSR count). The SMILES string of the molecule is N#CCSc1cc(O)ccc1N. The smallest absolute Gasteiger partial charge is 0.116 e. The Morgan fingerprint density at radius 1 is 1.58 bits per heavy atom. The van der Waals surface area contributed by atoms with E-state index in [9.17, 15) is 0 Å². The lowest BCUT2D eigenvalue weighted by atomic mass is 10.3. The molecule has 12 heavy (non-hydrogen) atoms. The number of nitrogen functional groups attached to an aromatic ring is 1. The molecule has 3 nitrogen and oxygen atoms in total. The first-order valence-electron chi connectivity index (χ1n) is 3.32. The summed E-state index contributed by atoms with van der Waals surface area (Å²) in [6, 6.07) is 6.68. The Bertz CT molecular complexity index is 319. The molecule has 0 spiro atoms. The van der Waals surface area contributed by atoms with Crippen molar-refractivity contribution in [3.8, 4) is 11.8 Å². The number of aromatic hydroxyl groups is 1. The molecule has 0 aliphatic carbocycles. The van der Waals surface area contributed by atoms with Crippen LogP contribution in [-0.4, -0.2) is 10.9 Å². The van der Waals surface area contributed by atoms with Gasteiger partial charge in [0, 0.05) is 10.6 Å². The number of hydrogen-bond donors (Lipinski definition) is 2. The van der Waals surface area contributed by atoms with Gasteiger partial charge in [-0.3, -0.25) is 0 Å². The van der Waals surface area contributed by atoms with Gasteiger partial charge in [-0.25, -0.2) is 0 Å². The minimum Gasteiger partial charge on any atom is -0.508 e. The van der Waals surface area contributed by atoms with Crippen LogP contribution in [0.1, 0.15) is 0 Å². The molecule has 0 amide bonds. The summed E-state index contributed by atoms with van der Waals surface area (Å²) < 4.78 is 0. The average Bonchev–Trinajstić information content (AvgIpc) is 2.07. The molecule has 0 saturated heterocycles. The molecular formula is C8H8N2OS. The maximum Gasteiger partial charge on any atom is 0.116 e. The molecular weight excluding hydrogens is 172 g/mol. The number of nitrogens with two attached hydrogens (primary N) is 1. The molecule has 1 aromatic carbocycles. The lowest BCUT2D eigenvalue weighted by Crippen LogP contribution is -1.87. The third-order valence-electron chi connectivity index (χ3n) is 1.29. The monoisotopic (exact) mass is 180 g/mol. The number of thioether (sulfide) groups is 1. The highest BCUT2D eigenvalue weighted by Crippen LogP contribution is 2.27. The van der Waals surface area contributed by atoms with Crippen molar-refractivity contribution in [2.24, 2.45) is 0 Å². The van der Waals surface area contributed by atoms with Gasteiger partial charge in [0.1, 0.15) is 5.75 Å². The molecule has 0 atom stereocenters. The zero-order valence-corrected chi connectivity index (χ0v) is 7.14. The standard InChI is InChI=1S/C8H8N2OS/c9-3-4-12-8-5-6(11)1-2-7(8)10/h1-2,5,11H,4,10H2. The molecule has 1 aromatic rings. The normalized spacial score (nSPS) is 9.25. The van der Waals surface area contributed by atoms with E-state index >= 15 is 0 Å². The molecule has 0 saturated carbocycles. The van der Waals surface area contributed by atoms with Crippen molar-refractivity contribution < 1.29 is 5.11 Å². The molecule has 3 N–H and O–H groups in total. The molecule has 0 aromatic heterocycles. The van der Waals surface area contributed by atoms with Gasteiger partial charge in [0.05, 0.1) is 11.8 Å². The van der Waals surface area contributed by atoms with Crippen molar-refractivity contribution >= 4 is 17.4 Å². The summed E-state index contributed by atoms with van der Waals surface area (Å²) in [5.74, 6) is 0.512. The van der Waals surface area contributed by atoms with Gasteiger partial charge in [0.2, 0.25) is 0 Å². The zero-order chi connectivity index (χ0) is 8.97. The summed E-state index contributed by atoms with van der Waals surface area (Å²) in [6.07, 6.45) is 0. The molecule has 0 unspecified atom stereocenters. The highest BCUT2D eigenvalue weighted by molar-refractivity contribution is 7.99. The largest absolute Gasteiger partial charge is 0.508 e. The van der Waals surface area contributed by atoms with Gasteiger partial charge >= 0.3 is 0 Å². The molecule has 0 heterocycles. The van der Waals surface area contributed by atoms with Crippen molar-refractivity contribution in [2.45, 2.75) is 4.90 Å². The minimum absolute atomic E-state index is 0.171. The van der Waals surface area contributed by atoms with E-state index in [2.05, 4.69) is 0 Å². The maximum absolute atomic E-state index is 9.09. The number of phenols is 1. The molecule has 62 valence electrons. The lowest BCUT2D eigenvalue weighted by molar-refractivity contribution is 0.474. The van der Waals surface area contributed by atoms with E-state index < -0.39 is 0 Å². The summed E-state index contributed by atoms with van der Waals surface area (Å²) in [4.78, 5) is 0.747. The number of nitriles is 1. The fraction of sp³-hybridized carbons (Fsp3) is 0.125. The second kappa shape index (κ2) is 3.88. The summed E-state index contributed by atoms with van der Waals surface area (Å²) >= 11 is 1.32. The van der Waals surface area contributed by atoms with Gasteiger partial charge in [-0.1, -0.05) is 0 Å². The first-order chi connectivity index (χ1) is 5.74. The summed E-state index contributed by atoms with van der Waals surface area (Å²) in [7, 11) is 0. The third kappa shape index (κ3) is 2.07. The number of nitrogens with zero attached hydrogens (tertiary/aromatic N) is 1. The van der Waals surface area contributed by atoms with Crippen LogP contribution in [0.25, 0.3) is 0 Å².